The predicted octanol–water partition coefficient (Wildman–Crippen LogP) is 3.28. The van der Waals surface area contributed by atoms with Crippen LogP contribution in [0.15, 0.2) is 65.6 Å². The first kappa shape index (κ1) is 23.0. The first-order chi connectivity index (χ1) is 15.1. The van der Waals surface area contributed by atoms with Gasteiger partial charge in [0.1, 0.15) is 0 Å². The molecule has 0 radical (unpaired) electrons. The molecular weight excluding hydrogens is 426 g/mol. The number of nitrogens with one attached hydrogen (secondary N) is 2. The van der Waals surface area contributed by atoms with Gasteiger partial charge in [0.15, 0.2) is 9.84 Å². The van der Waals surface area contributed by atoms with Crippen LogP contribution in [0.3, 0.4) is 0 Å². The molecule has 0 saturated heterocycles. The van der Waals surface area contributed by atoms with Gasteiger partial charge in [-0.25, -0.2) is 8.42 Å². The van der Waals surface area contributed by atoms with Crippen LogP contribution >= 0.6 is 0 Å². The van der Waals surface area contributed by atoms with Gasteiger partial charge in [-0.1, -0.05) is 17.7 Å². The zero-order valence-corrected chi connectivity index (χ0v) is 19.2. The van der Waals surface area contributed by atoms with Crippen LogP contribution in [0.1, 0.15) is 32.9 Å². The van der Waals surface area contributed by atoms with E-state index >= 15 is 0 Å². The Hall–Kier alpha value is -3.65. The van der Waals surface area contributed by atoms with Gasteiger partial charge in [-0.2, -0.15) is 0 Å². The molecule has 2 amide bonds. The first-order valence-electron chi connectivity index (χ1n) is 9.91. The number of hydrazine groups is 1. The molecule has 7 nitrogen and oxygen atoms in total. The fraction of sp³-hybridized carbons (Fsp3) is 0.167. The standard InChI is InChI=1S/C24H25N3O4S/c1-16-5-10-21(11-6-16)27-17(2)15-20(18(27)3)9-14-23(28)25-26-24(29)19-7-12-22(13-8-19)32(4,30)31/h5-15H,1-4H3,(H,25,28)(H,26,29)/b14-9+. The molecule has 1 aromatic heterocycles. The Labute approximate surface area is 187 Å². The first-order valence-corrected chi connectivity index (χ1v) is 11.8. The zero-order valence-electron chi connectivity index (χ0n) is 18.3. The molecule has 1 heterocycles. The van der Waals surface area contributed by atoms with Crippen LogP contribution in [0.4, 0.5) is 0 Å². The van der Waals surface area contributed by atoms with Crippen molar-refractivity contribution in [1.29, 1.82) is 0 Å². The molecule has 0 unspecified atom stereocenters. The van der Waals surface area contributed by atoms with Crippen molar-refractivity contribution in [1.82, 2.24) is 15.4 Å². The molecule has 0 fully saturated rings. The highest BCUT2D eigenvalue weighted by Crippen LogP contribution is 2.22. The van der Waals surface area contributed by atoms with Gasteiger partial charge in [0.2, 0.25) is 0 Å². The Morgan fingerprint density at radius 2 is 1.53 bits per heavy atom. The van der Waals surface area contributed by atoms with Crippen LogP contribution in [0, 0.1) is 20.8 Å². The lowest BCUT2D eigenvalue weighted by Gasteiger charge is -2.10. The van der Waals surface area contributed by atoms with E-state index in [0.29, 0.717) is 0 Å². The van der Waals surface area contributed by atoms with Crippen LogP contribution in [-0.2, 0) is 14.6 Å². The molecule has 0 atom stereocenters. The lowest BCUT2D eigenvalue weighted by atomic mass is 10.2. The maximum atomic E-state index is 12.2. The summed E-state index contributed by atoms with van der Waals surface area (Å²) in [6, 6.07) is 15.6. The number of amides is 2. The van der Waals surface area contributed by atoms with E-state index in [1.165, 1.54) is 35.9 Å². The second kappa shape index (κ2) is 9.23. The summed E-state index contributed by atoms with van der Waals surface area (Å²) in [5, 5.41) is 0. The van der Waals surface area contributed by atoms with Crippen LogP contribution in [0.5, 0.6) is 0 Å². The second-order valence-corrected chi connectivity index (χ2v) is 9.59. The number of nitrogens with zero attached hydrogens (tertiary/aromatic N) is 1. The Bertz CT molecular complexity index is 1290. The lowest BCUT2D eigenvalue weighted by molar-refractivity contribution is -0.117. The van der Waals surface area contributed by atoms with Crippen molar-refractivity contribution in [2.45, 2.75) is 25.7 Å². The third kappa shape index (κ3) is 5.33. The normalized spacial score (nSPS) is 11.5. The van der Waals surface area contributed by atoms with Gasteiger partial charge < -0.3 is 4.57 Å². The second-order valence-electron chi connectivity index (χ2n) is 7.57. The summed E-state index contributed by atoms with van der Waals surface area (Å²) in [6.07, 6.45) is 4.12. The Morgan fingerprint density at radius 1 is 0.906 bits per heavy atom. The lowest BCUT2D eigenvalue weighted by Crippen LogP contribution is -2.40. The number of carbonyl (C=O) groups is 2. The number of aryl methyl sites for hydroxylation is 2. The van der Waals surface area contributed by atoms with E-state index in [9.17, 15) is 18.0 Å². The minimum atomic E-state index is -3.34. The van der Waals surface area contributed by atoms with Crippen molar-refractivity contribution in [2.24, 2.45) is 0 Å². The maximum absolute atomic E-state index is 12.2. The fourth-order valence-corrected chi connectivity index (χ4v) is 3.93. The van der Waals surface area contributed by atoms with E-state index in [1.54, 1.807) is 6.08 Å². The highest BCUT2D eigenvalue weighted by molar-refractivity contribution is 7.90. The van der Waals surface area contributed by atoms with Crippen molar-refractivity contribution in [3.63, 3.8) is 0 Å². The van der Waals surface area contributed by atoms with Gasteiger partial charge in [0.25, 0.3) is 11.8 Å². The van der Waals surface area contributed by atoms with E-state index in [2.05, 4.69) is 27.6 Å². The van der Waals surface area contributed by atoms with E-state index in [1.807, 2.05) is 39.0 Å². The molecule has 0 spiro atoms. The van der Waals surface area contributed by atoms with Crippen molar-refractivity contribution in [3.05, 3.63) is 88.8 Å². The average Bonchev–Trinajstić information content (AvgIpc) is 3.03. The van der Waals surface area contributed by atoms with E-state index in [0.717, 1.165) is 28.9 Å². The summed E-state index contributed by atoms with van der Waals surface area (Å²) in [6.45, 7) is 6.02. The fourth-order valence-electron chi connectivity index (χ4n) is 3.30. The highest BCUT2D eigenvalue weighted by Gasteiger charge is 2.11. The number of carbonyl (C=O) groups excluding carboxylic acids is 2. The zero-order chi connectivity index (χ0) is 23.5. The van der Waals surface area contributed by atoms with Gasteiger partial charge in [-0.3, -0.25) is 20.4 Å². The Morgan fingerprint density at radius 3 is 2.12 bits per heavy atom. The monoisotopic (exact) mass is 451 g/mol. The van der Waals surface area contributed by atoms with Crippen molar-refractivity contribution < 1.29 is 18.0 Å². The summed E-state index contributed by atoms with van der Waals surface area (Å²) < 4.78 is 25.1. The highest BCUT2D eigenvalue weighted by atomic mass is 32.2. The van der Waals surface area contributed by atoms with Crippen LogP contribution in [0.25, 0.3) is 11.8 Å². The molecule has 8 heteroatoms. The van der Waals surface area contributed by atoms with Crippen molar-refractivity contribution in [3.8, 4) is 5.69 Å². The van der Waals surface area contributed by atoms with Crippen LogP contribution in [-0.4, -0.2) is 31.1 Å². The molecule has 3 aromatic rings. The quantitative estimate of drug-likeness (QED) is 0.460. The largest absolute Gasteiger partial charge is 0.318 e. The number of sulfone groups is 1. The molecule has 0 saturated carbocycles. The van der Waals surface area contributed by atoms with E-state index in [4.69, 9.17) is 0 Å². The minimum absolute atomic E-state index is 0.115. The molecule has 166 valence electrons. The molecule has 3 rings (SSSR count). The number of hydrogen-bond donors (Lipinski definition) is 2. The van der Waals surface area contributed by atoms with Gasteiger partial charge in [0.05, 0.1) is 4.90 Å². The Kier molecular flexibility index (Phi) is 6.64. The van der Waals surface area contributed by atoms with Crippen LogP contribution < -0.4 is 10.9 Å². The van der Waals surface area contributed by atoms with E-state index < -0.39 is 21.7 Å². The minimum Gasteiger partial charge on any atom is -0.318 e. The number of aromatic nitrogens is 1. The third-order valence-electron chi connectivity index (χ3n) is 5.02. The average molecular weight is 452 g/mol. The third-order valence-corrected chi connectivity index (χ3v) is 6.15. The molecular formula is C24H25N3O4S. The molecule has 2 aromatic carbocycles. The summed E-state index contributed by atoms with van der Waals surface area (Å²) in [4.78, 5) is 24.4. The summed E-state index contributed by atoms with van der Waals surface area (Å²) in [5.41, 5.74) is 10.0. The number of rotatable bonds is 5. The van der Waals surface area contributed by atoms with Gasteiger partial charge in [-0.05, 0) is 74.9 Å². The van der Waals surface area contributed by atoms with Gasteiger partial charge in [-0.15, -0.1) is 0 Å². The smallest absolute Gasteiger partial charge is 0.269 e. The predicted molar refractivity (Wildman–Crippen MR) is 124 cm³/mol. The number of benzene rings is 2. The van der Waals surface area contributed by atoms with Gasteiger partial charge >= 0.3 is 0 Å². The van der Waals surface area contributed by atoms with Gasteiger partial charge in [0, 0.05) is 35.0 Å². The molecule has 2 N–H and O–H groups in total. The van der Waals surface area contributed by atoms with E-state index in [-0.39, 0.29) is 10.5 Å². The molecule has 32 heavy (non-hydrogen) atoms. The molecule has 0 aliphatic heterocycles. The SMILES string of the molecule is Cc1ccc(-n2c(C)cc(/C=C/C(=O)NNC(=O)c3ccc(S(C)(=O)=O)cc3)c2C)cc1. The Balaban J connectivity index is 1.64. The topological polar surface area (TPSA) is 97.3 Å². The summed E-state index contributed by atoms with van der Waals surface area (Å²) in [5.74, 6) is -1.05. The molecule has 0 aliphatic rings. The summed E-state index contributed by atoms with van der Waals surface area (Å²) in [7, 11) is -3.34. The summed E-state index contributed by atoms with van der Waals surface area (Å²) >= 11 is 0. The molecule has 0 bridgehead atoms. The van der Waals surface area contributed by atoms with Crippen LogP contribution in [0.2, 0.25) is 0 Å². The maximum Gasteiger partial charge on any atom is 0.269 e. The van der Waals surface area contributed by atoms with Crippen molar-refractivity contribution >= 4 is 27.7 Å². The molecule has 0 aliphatic carbocycles. The number of hydrogen-bond acceptors (Lipinski definition) is 4. The van der Waals surface area contributed by atoms with Crippen molar-refractivity contribution in [2.75, 3.05) is 6.26 Å².